The van der Waals surface area contributed by atoms with Crippen LogP contribution in [0.25, 0.3) is 0 Å². The van der Waals surface area contributed by atoms with Gasteiger partial charge in [-0.15, -0.1) is 0 Å². The first-order valence-corrected chi connectivity index (χ1v) is 6.60. The van der Waals surface area contributed by atoms with Crippen LogP contribution in [0.15, 0.2) is 68.1 Å². The fraction of sp³-hybridized carbons (Fsp3) is 0.188. The average Bonchev–Trinajstić information content (AvgIpc) is 2.35. The van der Waals surface area contributed by atoms with Gasteiger partial charge in [0.1, 0.15) is 11.5 Å². The Hall–Kier alpha value is -2.57. The van der Waals surface area contributed by atoms with E-state index in [0.717, 1.165) is 12.1 Å². The monoisotopic (exact) mass is 302 g/mol. The van der Waals surface area contributed by atoms with Crippen LogP contribution in [0.1, 0.15) is 18.6 Å². The standard InChI is InChI=1S/C16H14O6/c1-8-14(12-6-10(17)7-13(19)22-12)11(18)5-9-3-2-4-16(20,21)15(8)9/h2-7,14,18-21H,1H3. The van der Waals surface area contributed by atoms with Gasteiger partial charge in [-0.2, -0.15) is 0 Å². The highest BCUT2D eigenvalue weighted by atomic mass is 16.5. The molecule has 1 aromatic heterocycles. The molecular weight excluding hydrogens is 288 g/mol. The summed E-state index contributed by atoms with van der Waals surface area (Å²) in [7, 11) is 0. The van der Waals surface area contributed by atoms with Crippen molar-refractivity contribution in [2.75, 3.05) is 0 Å². The Morgan fingerprint density at radius 2 is 1.95 bits per heavy atom. The van der Waals surface area contributed by atoms with Crippen molar-refractivity contribution in [3.05, 3.63) is 74.9 Å². The molecule has 0 amide bonds. The van der Waals surface area contributed by atoms with Gasteiger partial charge < -0.3 is 24.8 Å². The molecule has 0 saturated carbocycles. The molecule has 1 atom stereocenters. The van der Waals surface area contributed by atoms with Crippen molar-refractivity contribution < 1.29 is 24.8 Å². The quantitative estimate of drug-likeness (QED) is 0.583. The van der Waals surface area contributed by atoms with Gasteiger partial charge in [0.25, 0.3) is 5.95 Å². The summed E-state index contributed by atoms with van der Waals surface area (Å²) in [6.07, 6.45) is 5.70. The minimum absolute atomic E-state index is 0.0214. The summed E-state index contributed by atoms with van der Waals surface area (Å²) in [5.74, 6) is -3.73. The zero-order valence-electron chi connectivity index (χ0n) is 11.6. The first-order valence-electron chi connectivity index (χ1n) is 6.60. The SMILES string of the molecule is CC1=C2C(=CC=CC2(O)O)C=C(O)C1c1cc(=O)cc(O)o1. The summed E-state index contributed by atoms with van der Waals surface area (Å²) in [6, 6.07) is 2.05. The highest BCUT2D eigenvalue weighted by Gasteiger charge is 2.38. The van der Waals surface area contributed by atoms with Gasteiger partial charge in [-0.05, 0) is 30.2 Å². The molecule has 4 N–H and O–H groups in total. The number of aliphatic hydroxyl groups excluding tert-OH is 1. The van der Waals surface area contributed by atoms with Crippen LogP contribution in [0.4, 0.5) is 0 Å². The van der Waals surface area contributed by atoms with Crippen molar-refractivity contribution in [1.82, 2.24) is 0 Å². The summed E-state index contributed by atoms with van der Waals surface area (Å²) < 4.78 is 5.11. The fourth-order valence-corrected chi connectivity index (χ4v) is 2.90. The zero-order chi connectivity index (χ0) is 16.1. The largest absolute Gasteiger partial charge is 0.511 e. The average molecular weight is 302 g/mol. The van der Waals surface area contributed by atoms with E-state index in [1.807, 2.05) is 0 Å². The van der Waals surface area contributed by atoms with Crippen LogP contribution in [-0.4, -0.2) is 26.2 Å². The Bertz CT molecular complexity index is 819. The number of hydrogen-bond donors (Lipinski definition) is 4. The minimum Gasteiger partial charge on any atom is -0.511 e. The van der Waals surface area contributed by atoms with E-state index in [4.69, 9.17) is 4.42 Å². The maximum atomic E-state index is 11.5. The van der Waals surface area contributed by atoms with E-state index in [-0.39, 0.29) is 17.1 Å². The van der Waals surface area contributed by atoms with Gasteiger partial charge in [-0.1, -0.05) is 12.2 Å². The van der Waals surface area contributed by atoms with E-state index in [9.17, 15) is 25.2 Å². The molecule has 0 aliphatic heterocycles. The van der Waals surface area contributed by atoms with Crippen molar-refractivity contribution in [3.8, 4) is 5.95 Å². The fourth-order valence-electron chi connectivity index (χ4n) is 2.90. The molecule has 0 spiro atoms. The van der Waals surface area contributed by atoms with Crippen LogP contribution in [0.3, 0.4) is 0 Å². The molecule has 0 aromatic carbocycles. The molecule has 1 unspecified atom stereocenters. The van der Waals surface area contributed by atoms with E-state index >= 15 is 0 Å². The van der Waals surface area contributed by atoms with Crippen molar-refractivity contribution in [2.24, 2.45) is 0 Å². The van der Waals surface area contributed by atoms with Gasteiger partial charge in [0.05, 0.1) is 12.0 Å². The van der Waals surface area contributed by atoms with E-state index < -0.39 is 23.1 Å². The van der Waals surface area contributed by atoms with Crippen molar-refractivity contribution >= 4 is 0 Å². The van der Waals surface area contributed by atoms with Gasteiger partial charge in [0.15, 0.2) is 5.43 Å². The lowest BCUT2D eigenvalue weighted by molar-refractivity contribution is -0.0840. The van der Waals surface area contributed by atoms with E-state index in [1.54, 1.807) is 13.0 Å². The summed E-state index contributed by atoms with van der Waals surface area (Å²) in [4.78, 5) is 11.5. The Labute approximate surface area is 125 Å². The Balaban J connectivity index is 2.21. The minimum atomic E-state index is -2.18. The van der Waals surface area contributed by atoms with E-state index in [1.165, 1.54) is 18.2 Å². The third-order valence-corrected chi connectivity index (χ3v) is 3.74. The summed E-state index contributed by atoms with van der Waals surface area (Å²) >= 11 is 0. The Kier molecular flexibility index (Phi) is 3.09. The van der Waals surface area contributed by atoms with Crippen LogP contribution >= 0.6 is 0 Å². The second-order valence-electron chi connectivity index (χ2n) is 5.30. The van der Waals surface area contributed by atoms with Crippen LogP contribution < -0.4 is 5.43 Å². The zero-order valence-corrected chi connectivity index (χ0v) is 11.6. The number of fused-ring (bicyclic) bond motifs is 1. The third kappa shape index (κ3) is 2.18. The van der Waals surface area contributed by atoms with Crippen LogP contribution in [0.5, 0.6) is 5.95 Å². The predicted molar refractivity (Wildman–Crippen MR) is 77.2 cm³/mol. The first-order chi connectivity index (χ1) is 10.3. The molecule has 2 aliphatic rings. The molecule has 6 heteroatoms. The number of allylic oxidation sites excluding steroid dienone is 4. The number of aromatic hydroxyl groups is 1. The molecule has 0 bridgehead atoms. The summed E-state index contributed by atoms with van der Waals surface area (Å²) in [6.45, 7) is 1.60. The smallest absolute Gasteiger partial charge is 0.285 e. The van der Waals surface area contributed by atoms with Crippen LogP contribution in [-0.2, 0) is 0 Å². The Morgan fingerprint density at radius 3 is 2.64 bits per heavy atom. The van der Waals surface area contributed by atoms with E-state index in [2.05, 4.69) is 0 Å². The van der Waals surface area contributed by atoms with Gasteiger partial charge in [0.2, 0.25) is 5.79 Å². The predicted octanol–water partition coefficient (Wildman–Crippen LogP) is 1.38. The second-order valence-corrected chi connectivity index (χ2v) is 5.30. The highest BCUT2D eigenvalue weighted by Crippen LogP contribution is 2.44. The van der Waals surface area contributed by atoms with Gasteiger partial charge in [-0.3, -0.25) is 4.79 Å². The summed E-state index contributed by atoms with van der Waals surface area (Å²) in [5, 5.41) is 39.9. The number of aliphatic hydroxyl groups is 3. The molecule has 0 fully saturated rings. The highest BCUT2D eigenvalue weighted by molar-refractivity contribution is 5.59. The van der Waals surface area contributed by atoms with E-state index in [0.29, 0.717) is 11.1 Å². The molecule has 22 heavy (non-hydrogen) atoms. The van der Waals surface area contributed by atoms with Crippen molar-refractivity contribution in [2.45, 2.75) is 18.6 Å². The van der Waals surface area contributed by atoms with Gasteiger partial charge in [-0.25, -0.2) is 0 Å². The topological polar surface area (TPSA) is 111 Å². The molecule has 1 aromatic rings. The van der Waals surface area contributed by atoms with Crippen LogP contribution in [0.2, 0.25) is 0 Å². The molecule has 6 nitrogen and oxygen atoms in total. The number of hydrogen-bond acceptors (Lipinski definition) is 6. The number of rotatable bonds is 1. The molecule has 0 saturated heterocycles. The second kappa shape index (κ2) is 4.72. The lowest BCUT2D eigenvalue weighted by Crippen LogP contribution is -2.33. The molecule has 3 rings (SSSR count). The molecule has 114 valence electrons. The van der Waals surface area contributed by atoms with Crippen molar-refractivity contribution in [1.29, 1.82) is 0 Å². The molecular formula is C16H14O6. The molecule has 0 radical (unpaired) electrons. The lowest BCUT2D eigenvalue weighted by atomic mass is 9.78. The summed E-state index contributed by atoms with van der Waals surface area (Å²) in [5.41, 5.74) is 0.605. The first kappa shape index (κ1) is 14.4. The van der Waals surface area contributed by atoms with Crippen molar-refractivity contribution in [3.63, 3.8) is 0 Å². The van der Waals surface area contributed by atoms with Gasteiger partial charge >= 0.3 is 0 Å². The molecule has 2 aliphatic carbocycles. The van der Waals surface area contributed by atoms with Crippen LogP contribution in [0, 0.1) is 0 Å². The normalized spacial score (nSPS) is 23.0. The Morgan fingerprint density at radius 1 is 1.23 bits per heavy atom. The maximum Gasteiger partial charge on any atom is 0.285 e. The lowest BCUT2D eigenvalue weighted by Gasteiger charge is -2.33. The van der Waals surface area contributed by atoms with Gasteiger partial charge in [0, 0.05) is 11.6 Å². The molecule has 1 heterocycles. The third-order valence-electron chi connectivity index (χ3n) is 3.74. The maximum absolute atomic E-state index is 11.5.